The molecule has 1 aromatic heterocycles. The van der Waals surface area contributed by atoms with Crippen LogP contribution in [-0.4, -0.2) is 99.7 Å². The highest BCUT2D eigenvalue weighted by Gasteiger charge is 2.48. The van der Waals surface area contributed by atoms with Crippen molar-refractivity contribution in [1.82, 2.24) is 9.29 Å². The minimum Gasteiger partial charge on any atom is -0.490 e. The minimum atomic E-state index is -4.01. The molecule has 0 radical (unpaired) electrons. The lowest BCUT2D eigenvalue weighted by Crippen LogP contribution is -2.45. The molecule has 4 atom stereocenters. The summed E-state index contributed by atoms with van der Waals surface area (Å²) in [4.78, 5) is 16.6. The van der Waals surface area contributed by atoms with Crippen LogP contribution in [0.25, 0.3) is 11.1 Å². The van der Waals surface area contributed by atoms with E-state index in [2.05, 4.69) is 4.98 Å². The smallest absolute Gasteiger partial charge is 0.244 e. The maximum Gasteiger partial charge on any atom is 0.244 e. The number of nitrogens with zero attached hydrogens (tertiary/aromatic N) is 2. The number of hydrogen-bond donors (Lipinski definition) is 5. The molecule has 2 aromatic carbocycles. The third kappa shape index (κ3) is 10.5. The third-order valence-electron chi connectivity index (χ3n) is 9.78. The van der Waals surface area contributed by atoms with E-state index in [9.17, 15) is 33.6 Å². The van der Waals surface area contributed by atoms with E-state index >= 15 is 0 Å². The number of benzene rings is 2. The van der Waals surface area contributed by atoms with E-state index in [1.807, 2.05) is 36.5 Å². The number of aliphatic hydroxyl groups is 5. The number of ketones is 1. The van der Waals surface area contributed by atoms with Crippen LogP contribution >= 0.6 is 23.2 Å². The van der Waals surface area contributed by atoms with Gasteiger partial charge in [-0.25, -0.2) is 12.7 Å². The highest BCUT2D eigenvalue weighted by Crippen LogP contribution is 2.53. The number of unbranched alkanes of at least 4 members (excludes halogenated alkanes) is 2. The van der Waals surface area contributed by atoms with Crippen LogP contribution in [-0.2, 0) is 31.8 Å². The van der Waals surface area contributed by atoms with Crippen LogP contribution in [0.3, 0.4) is 0 Å². The number of carbonyl (C=O) groups excluding carboxylic acids is 1. The summed E-state index contributed by atoms with van der Waals surface area (Å²) in [6.45, 7) is -0.562. The van der Waals surface area contributed by atoms with Crippen molar-refractivity contribution in [2.24, 2.45) is 0 Å². The van der Waals surface area contributed by atoms with Gasteiger partial charge in [0, 0.05) is 55.0 Å². The van der Waals surface area contributed by atoms with Gasteiger partial charge in [0.05, 0.1) is 36.0 Å². The van der Waals surface area contributed by atoms with Crippen LogP contribution in [0.1, 0.15) is 75.3 Å². The van der Waals surface area contributed by atoms with Gasteiger partial charge >= 0.3 is 0 Å². The lowest BCUT2D eigenvalue weighted by atomic mass is 9.96. The Bertz CT molecular complexity index is 1820. The number of rotatable bonds is 22. The highest BCUT2D eigenvalue weighted by molar-refractivity contribution is 7.89. The summed E-state index contributed by atoms with van der Waals surface area (Å²) < 4.78 is 41.2. The Morgan fingerprint density at radius 3 is 2.38 bits per heavy atom. The highest BCUT2D eigenvalue weighted by atomic mass is 35.5. The van der Waals surface area contributed by atoms with E-state index in [4.69, 9.17) is 37.8 Å². The van der Waals surface area contributed by atoms with E-state index in [0.717, 1.165) is 48.1 Å². The first kappa shape index (κ1) is 41.5. The molecule has 0 spiro atoms. The molecule has 1 heterocycles. The second kappa shape index (κ2) is 18.3. The Morgan fingerprint density at radius 1 is 0.962 bits per heavy atom. The maximum atomic E-state index is 13.6. The molecule has 2 saturated carbocycles. The van der Waals surface area contributed by atoms with Crippen molar-refractivity contribution in [3.63, 3.8) is 0 Å². The van der Waals surface area contributed by atoms with Crippen molar-refractivity contribution in [2.45, 2.75) is 112 Å². The molecule has 3 aromatic rings. The van der Waals surface area contributed by atoms with Crippen molar-refractivity contribution >= 4 is 39.0 Å². The molecule has 53 heavy (non-hydrogen) atoms. The molecule has 0 saturated heterocycles. The summed E-state index contributed by atoms with van der Waals surface area (Å²) in [7, 11) is -2.54. The molecule has 2 aliphatic carbocycles. The number of Topliss-reactive ketones (excluding diaryl/α,β-unsaturated/α-hetero) is 1. The molecule has 290 valence electrons. The van der Waals surface area contributed by atoms with E-state index in [-0.39, 0.29) is 59.2 Å². The second-order valence-corrected chi connectivity index (χ2v) is 16.7. The Balaban J connectivity index is 1.15. The number of carbonyl (C=O) groups is 1. The summed E-state index contributed by atoms with van der Waals surface area (Å²) >= 11 is 13.0. The van der Waals surface area contributed by atoms with Gasteiger partial charge in [-0.3, -0.25) is 9.78 Å². The fourth-order valence-electron chi connectivity index (χ4n) is 6.14. The van der Waals surface area contributed by atoms with Gasteiger partial charge in [0.25, 0.3) is 0 Å². The molecular formula is C38H48Cl2N2O10S. The van der Waals surface area contributed by atoms with Gasteiger partial charge in [-0.2, -0.15) is 0 Å². The van der Waals surface area contributed by atoms with Crippen LogP contribution in [0, 0.1) is 0 Å². The Hall–Kier alpha value is -2.69. The average Bonchev–Trinajstić information content (AvgIpc) is 4.10. The quantitative estimate of drug-likeness (QED) is 0.0883. The molecule has 2 fully saturated rings. The molecule has 5 N–H and O–H groups in total. The number of aliphatic hydroxyl groups excluding tert-OH is 5. The molecule has 0 amide bonds. The van der Waals surface area contributed by atoms with Crippen molar-refractivity contribution in [3.8, 4) is 16.9 Å². The molecule has 2 aliphatic rings. The van der Waals surface area contributed by atoms with Crippen LogP contribution in [0.2, 0.25) is 10.0 Å². The van der Waals surface area contributed by atoms with E-state index in [1.165, 1.54) is 23.5 Å². The summed E-state index contributed by atoms with van der Waals surface area (Å²) in [5.41, 5.74) is 2.72. The van der Waals surface area contributed by atoms with Gasteiger partial charge in [-0.15, -0.1) is 0 Å². The normalized spacial score (nSPS) is 17.7. The molecule has 5 rings (SSSR count). The van der Waals surface area contributed by atoms with Gasteiger partial charge in [0.2, 0.25) is 10.0 Å². The third-order valence-corrected chi connectivity index (χ3v) is 12.5. The van der Waals surface area contributed by atoms with Crippen molar-refractivity contribution in [3.05, 3.63) is 76.0 Å². The topological polar surface area (TPSA) is 187 Å². The molecule has 0 bridgehead atoms. The first-order chi connectivity index (χ1) is 25.3. The summed E-state index contributed by atoms with van der Waals surface area (Å²) in [5.74, 6) is 0.646. The van der Waals surface area contributed by atoms with Crippen LogP contribution < -0.4 is 4.74 Å². The van der Waals surface area contributed by atoms with Crippen molar-refractivity contribution in [2.75, 3.05) is 20.2 Å². The SMILES string of the molecule is CN(CCCCCC(=O)CC[C@H](O)[C@@H](O)[C@H](O)[C@H](O)CO)S(=O)(=O)c1cc(COC2(c3cnccc3-c3ccccc3OC3CC3)CC2)c(Cl)cc1Cl. The standard InChI is InChI=1S/C38H48Cl2N2O10S/c1-42(18-6-2-3-7-25(44)10-13-32(45)36(47)37(48)33(46)22-43)53(49,50)35-19-24(30(39)20-31(35)40)23-51-38(15-16-38)29-21-41-17-14-27(29)28-8-4-5-9-34(28)52-26-11-12-26/h4-5,8-9,14,17,19-21,26,32-33,36-37,43,45-48H,2-3,6-7,10-13,15-16,18,22-23H2,1H3/t32-,33+,36+,37+/m0/s1. The van der Waals surface area contributed by atoms with Crippen LogP contribution in [0.4, 0.5) is 0 Å². The zero-order valence-electron chi connectivity index (χ0n) is 29.6. The maximum absolute atomic E-state index is 13.6. The van der Waals surface area contributed by atoms with E-state index in [0.29, 0.717) is 24.8 Å². The number of halogens is 2. The molecule has 0 unspecified atom stereocenters. The van der Waals surface area contributed by atoms with Crippen LogP contribution in [0.15, 0.2) is 59.8 Å². The number of ether oxygens (including phenoxy) is 2. The summed E-state index contributed by atoms with van der Waals surface area (Å²) in [6.07, 6.45) is 2.40. The first-order valence-electron chi connectivity index (χ1n) is 17.9. The van der Waals surface area contributed by atoms with E-state index in [1.54, 1.807) is 6.20 Å². The molecule has 15 heteroatoms. The predicted molar refractivity (Wildman–Crippen MR) is 199 cm³/mol. The lowest BCUT2D eigenvalue weighted by molar-refractivity contribution is -0.125. The van der Waals surface area contributed by atoms with Gasteiger partial charge in [0.1, 0.15) is 34.7 Å². The number of sulfonamides is 1. The Morgan fingerprint density at radius 2 is 1.68 bits per heavy atom. The fraction of sp³-hybridized carbons (Fsp3) is 0.526. The van der Waals surface area contributed by atoms with Gasteiger partial charge in [-0.1, -0.05) is 47.8 Å². The minimum absolute atomic E-state index is 0.00941. The first-order valence-corrected chi connectivity index (χ1v) is 20.1. The average molecular weight is 796 g/mol. The predicted octanol–water partition coefficient (Wildman–Crippen LogP) is 4.77. The number of pyridine rings is 1. The number of aromatic nitrogens is 1. The second-order valence-electron chi connectivity index (χ2n) is 13.9. The monoisotopic (exact) mass is 794 g/mol. The molecule has 12 nitrogen and oxygen atoms in total. The van der Waals surface area contributed by atoms with Gasteiger partial charge in [-0.05, 0) is 80.3 Å². The number of para-hydroxylation sites is 1. The van der Waals surface area contributed by atoms with E-state index < -0.39 is 46.6 Å². The van der Waals surface area contributed by atoms with Crippen molar-refractivity contribution < 1.29 is 48.2 Å². The summed E-state index contributed by atoms with van der Waals surface area (Å²) in [6, 6.07) is 12.8. The fourth-order valence-corrected chi connectivity index (χ4v) is 8.17. The van der Waals surface area contributed by atoms with Gasteiger partial charge in [0.15, 0.2) is 0 Å². The Kier molecular flexibility index (Phi) is 14.3. The molecule has 0 aliphatic heterocycles. The zero-order valence-corrected chi connectivity index (χ0v) is 31.9. The van der Waals surface area contributed by atoms with Gasteiger partial charge < -0.3 is 35.0 Å². The summed E-state index contributed by atoms with van der Waals surface area (Å²) in [5, 5.41) is 48.3. The zero-order chi connectivity index (χ0) is 38.3. The largest absolute Gasteiger partial charge is 0.490 e. The molecular weight excluding hydrogens is 747 g/mol. The number of hydrogen-bond acceptors (Lipinski definition) is 11. The van der Waals surface area contributed by atoms with Crippen molar-refractivity contribution in [1.29, 1.82) is 0 Å². The lowest BCUT2D eigenvalue weighted by Gasteiger charge is -2.25. The Labute approximate surface area is 320 Å². The van der Waals surface area contributed by atoms with Crippen LogP contribution in [0.5, 0.6) is 5.75 Å².